The van der Waals surface area contributed by atoms with E-state index in [0.29, 0.717) is 0 Å². The zero-order chi connectivity index (χ0) is 9.30. The molecule has 1 heterocycles. The fourth-order valence-corrected chi connectivity index (χ4v) is 0.844. The van der Waals surface area contributed by atoms with E-state index in [4.69, 9.17) is 23.2 Å². The van der Waals surface area contributed by atoms with Gasteiger partial charge in [0.05, 0.1) is 5.56 Å². The summed E-state index contributed by atoms with van der Waals surface area (Å²) in [6.07, 6.45) is 0.774. The van der Waals surface area contributed by atoms with Gasteiger partial charge in [0.2, 0.25) is 0 Å². The first-order chi connectivity index (χ1) is 5.54. The highest BCUT2D eigenvalue weighted by molar-refractivity contribution is 6.67. The molecular weight excluding hydrogens is 211 g/mol. The monoisotopic (exact) mass is 211 g/mol. The third-order valence-corrected chi connectivity index (χ3v) is 1.60. The lowest BCUT2D eigenvalue weighted by molar-refractivity contribution is 0.107. The molecular formula is C6HCl2F2NO. The van der Waals surface area contributed by atoms with E-state index < -0.39 is 27.6 Å². The second-order valence-electron chi connectivity index (χ2n) is 1.86. The Morgan fingerprint density at radius 1 is 1.42 bits per heavy atom. The molecule has 0 spiro atoms. The minimum Gasteiger partial charge on any atom is -0.275 e. The molecule has 0 radical (unpaired) electrons. The van der Waals surface area contributed by atoms with Gasteiger partial charge >= 0.3 is 0 Å². The van der Waals surface area contributed by atoms with Crippen molar-refractivity contribution in [1.82, 2.24) is 4.98 Å². The first kappa shape index (κ1) is 9.35. The Hall–Kier alpha value is -0.740. The Labute approximate surface area is 76.1 Å². The van der Waals surface area contributed by atoms with E-state index in [1.54, 1.807) is 0 Å². The molecule has 0 aromatic carbocycles. The normalized spacial score (nSPS) is 10.0. The minimum atomic E-state index is -1.38. The average molecular weight is 212 g/mol. The van der Waals surface area contributed by atoms with Crippen molar-refractivity contribution in [2.75, 3.05) is 0 Å². The number of hydrogen-bond donors (Lipinski definition) is 0. The number of nitrogens with zero attached hydrogens (tertiary/aromatic N) is 1. The van der Waals surface area contributed by atoms with E-state index >= 15 is 0 Å². The lowest BCUT2D eigenvalue weighted by Gasteiger charge is -1.98. The van der Waals surface area contributed by atoms with E-state index in [1.165, 1.54) is 0 Å². The summed E-state index contributed by atoms with van der Waals surface area (Å²) in [7, 11) is 0. The third-order valence-electron chi connectivity index (χ3n) is 1.13. The predicted octanol–water partition coefficient (Wildman–Crippen LogP) is 2.39. The van der Waals surface area contributed by atoms with Crippen LogP contribution in [0.4, 0.5) is 8.78 Å². The molecule has 12 heavy (non-hydrogen) atoms. The van der Waals surface area contributed by atoms with Gasteiger partial charge in [-0.15, -0.1) is 0 Å². The van der Waals surface area contributed by atoms with Crippen molar-refractivity contribution >= 4 is 28.4 Å². The molecule has 2 nitrogen and oxygen atoms in total. The van der Waals surface area contributed by atoms with Gasteiger partial charge in [-0.2, -0.15) is 0 Å². The zero-order valence-electron chi connectivity index (χ0n) is 5.44. The number of aromatic nitrogens is 1. The maximum atomic E-state index is 12.7. The molecule has 0 unspecified atom stereocenters. The van der Waals surface area contributed by atoms with Crippen molar-refractivity contribution < 1.29 is 13.6 Å². The van der Waals surface area contributed by atoms with Gasteiger partial charge < -0.3 is 0 Å². The molecule has 0 aliphatic carbocycles. The molecule has 0 saturated carbocycles. The highest BCUT2D eigenvalue weighted by Gasteiger charge is 2.17. The predicted molar refractivity (Wildman–Crippen MR) is 39.3 cm³/mol. The van der Waals surface area contributed by atoms with Crippen molar-refractivity contribution in [3.63, 3.8) is 0 Å². The Morgan fingerprint density at radius 3 is 2.50 bits per heavy atom. The van der Waals surface area contributed by atoms with Crippen molar-refractivity contribution in [3.05, 3.63) is 28.5 Å². The Kier molecular flexibility index (Phi) is 2.59. The fraction of sp³-hybridized carbons (Fsp3) is 0. The van der Waals surface area contributed by atoms with Gasteiger partial charge in [-0.25, -0.2) is 13.8 Å². The molecule has 0 saturated heterocycles. The van der Waals surface area contributed by atoms with Crippen molar-refractivity contribution in [1.29, 1.82) is 0 Å². The van der Waals surface area contributed by atoms with E-state index in [9.17, 15) is 13.6 Å². The van der Waals surface area contributed by atoms with E-state index in [2.05, 4.69) is 4.98 Å². The van der Waals surface area contributed by atoms with Crippen LogP contribution < -0.4 is 0 Å². The SMILES string of the molecule is O=C(Cl)c1cnc(Cl)c(F)c1F. The van der Waals surface area contributed by atoms with Crippen LogP contribution in [0.2, 0.25) is 5.15 Å². The van der Waals surface area contributed by atoms with Crippen LogP contribution in [-0.4, -0.2) is 10.2 Å². The molecule has 1 aromatic rings. The summed E-state index contributed by atoms with van der Waals surface area (Å²) >= 11 is 10.0. The molecule has 0 amide bonds. The van der Waals surface area contributed by atoms with Crippen LogP contribution in [0.3, 0.4) is 0 Å². The summed E-state index contributed by atoms with van der Waals surface area (Å²) < 4.78 is 25.3. The summed E-state index contributed by atoms with van der Waals surface area (Å²) in [5.74, 6) is -2.75. The van der Waals surface area contributed by atoms with Gasteiger partial charge in [0.15, 0.2) is 16.8 Å². The molecule has 0 aliphatic heterocycles. The van der Waals surface area contributed by atoms with Crippen molar-refractivity contribution in [2.24, 2.45) is 0 Å². The van der Waals surface area contributed by atoms with Gasteiger partial charge in [0, 0.05) is 6.20 Å². The largest absolute Gasteiger partial charge is 0.275 e. The molecule has 1 rings (SSSR count). The summed E-state index contributed by atoms with van der Waals surface area (Å²) in [6, 6.07) is 0. The quantitative estimate of drug-likeness (QED) is 0.528. The zero-order valence-corrected chi connectivity index (χ0v) is 6.96. The first-order valence-corrected chi connectivity index (χ1v) is 3.49. The topological polar surface area (TPSA) is 30.0 Å². The summed E-state index contributed by atoms with van der Waals surface area (Å²) in [5.41, 5.74) is -0.626. The number of pyridine rings is 1. The Balaban J connectivity index is 3.36. The number of rotatable bonds is 1. The summed E-state index contributed by atoms with van der Waals surface area (Å²) in [5, 5.41) is -1.75. The van der Waals surface area contributed by atoms with Crippen LogP contribution in [0.15, 0.2) is 6.20 Å². The lowest BCUT2D eigenvalue weighted by atomic mass is 10.3. The highest BCUT2D eigenvalue weighted by atomic mass is 35.5. The van der Waals surface area contributed by atoms with Gasteiger partial charge in [-0.3, -0.25) is 4.79 Å². The van der Waals surface area contributed by atoms with E-state index in [-0.39, 0.29) is 0 Å². The molecule has 0 aliphatic rings. The molecule has 0 N–H and O–H groups in total. The number of halogens is 4. The van der Waals surface area contributed by atoms with Crippen LogP contribution in [0.25, 0.3) is 0 Å². The minimum absolute atomic E-state index is 0.626. The Bertz CT molecular complexity index is 343. The second-order valence-corrected chi connectivity index (χ2v) is 2.57. The molecule has 6 heteroatoms. The van der Waals surface area contributed by atoms with E-state index in [0.717, 1.165) is 6.20 Å². The van der Waals surface area contributed by atoms with E-state index in [1.807, 2.05) is 0 Å². The third kappa shape index (κ3) is 1.54. The number of hydrogen-bond acceptors (Lipinski definition) is 2. The first-order valence-electron chi connectivity index (χ1n) is 2.73. The second kappa shape index (κ2) is 3.33. The lowest BCUT2D eigenvalue weighted by Crippen LogP contribution is -2.00. The van der Waals surface area contributed by atoms with Crippen LogP contribution in [0.5, 0.6) is 0 Å². The van der Waals surface area contributed by atoms with Gasteiger partial charge in [0.25, 0.3) is 5.24 Å². The molecule has 0 atom stereocenters. The number of carbonyl (C=O) groups is 1. The van der Waals surface area contributed by atoms with Gasteiger partial charge in [-0.05, 0) is 11.6 Å². The van der Waals surface area contributed by atoms with Crippen LogP contribution in [0.1, 0.15) is 10.4 Å². The maximum Gasteiger partial charge on any atom is 0.257 e. The van der Waals surface area contributed by atoms with Crippen molar-refractivity contribution in [3.8, 4) is 0 Å². The molecule has 0 bridgehead atoms. The fourth-order valence-electron chi connectivity index (χ4n) is 0.580. The Morgan fingerprint density at radius 2 is 2.00 bits per heavy atom. The highest BCUT2D eigenvalue weighted by Crippen LogP contribution is 2.18. The number of carbonyl (C=O) groups excluding carboxylic acids is 1. The molecule has 64 valence electrons. The van der Waals surface area contributed by atoms with Crippen molar-refractivity contribution in [2.45, 2.75) is 0 Å². The van der Waals surface area contributed by atoms with Gasteiger partial charge in [0.1, 0.15) is 0 Å². The smallest absolute Gasteiger partial charge is 0.257 e. The average Bonchev–Trinajstić information content (AvgIpc) is 2.00. The van der Waals surface area contributed by atoms with Crippen LogP contribution in [-0.2, 0) is 0 Å². The molecule has 1 aromatic heterocycles. The summed E-state index contributed by atoms with van der Waals surface area (Å²) in [4.78, 5) is 13.6. The van der Waals surface area contributed by atoms with Gasteiger partial charge in [-0.1, -0.05) is 11.6 Å². The summed E-state index contributed by atoms with van der Waals surface area (Å²) in [6.45, 7) is 0. The van der Waals surface area contributed by atoms with Crippen LogP contribution in [0, 0.1) is 11.6 Å². The standard InChI is InChI=1S/C6HCl2F2NO/c7-5-4(10)3(9)2(1-11-5)6(8)12/h1H. The molecule has 0 fully saturated rings. The maximum absolute atomic E-state index is 12.7. The van der Waals surface area contributed by atoms with Crippen LogP contribution >= 0.6 is 23.2 Å².